The van der Waals surface area contributed by atoms with E-state index < -0.39 is 12.0 Å². The Morgan fingerprint density at radius 2 is 1.78 bits per heavy atom. The van der Waals surface area contributed by atoms with Gasteiger partial charge in [-0.05, 0) is 91.8 Å². The maximum absolute atomic E-state index is 14.1. The molecule has 1 aliphatic rings. The van der Waals surface area contributed by atoms with Crippen LogP contribution < -0.4 is 33.8 Å². The van der Waals surface area contributed by atoms with E-state index in [0.717, 1.165) is 9.13 Å². The number of methoxy groups -OCH3 is 3. The molecule has 0 bridgehead atoms. The fourth-order valence-corrected chi connectivity index (χ4v) is 6.83. The third-order valence-electron chi connectivity index (χ3n) is 6.22. The highest BCUT2D eigenvalue weighted by Crippen LogP contribution is 2.41. The molecule has 0 aliphatic carbocycles. The molecule has 0 N–H and O–H groups in total. The molecule has 4 rings (SSSR count). The Morgan fingerprint density at radius 3 is 2.39 bits per heavy atom. The number of nitrogens with zero attached hydrogens (tertiary/aromatic N) is 2. The molecule has 1 aromatic heterocycles. The first kappa shape index (κ1) is 31.1. The first-order valence-corrected chi connectivity index (χ1v) is 15.4. The largest absolute Gasteiger partial charge is 0.493 e. The van der Waals surface area contributed by atoms with Crippen molar-refractivity contribution in [2.24, 2.45) is 4.99 Å². The minimum atomic E-state index is -0.821. The van der Waals surface area contributed by atoms with Crippen molar-refractivity contribution in [1.29, 1.82) is 0 Å². The smallest absolute Gasteiger partial charge is 0.338 e. The molecular weight excluding hydrogens is 727 g/mol. The second-order valence-electron chi connectivity index (χ2n) is 9.23. The molecule has 218 valence electrons. The number of hydrogen-bond acceptors (Lipinski definition) is 9. The van der Waals surface area contributed by atoms with Gasteiger partial charge in [0.2, 0.25) is 0 Å². The van der Waals surface area contributed by atoms with E-state index >= 15 is 0 Å². The molecule has 0 radical (unpaired) electrons. The number of esters is 1. The topological polar surface area (TPSA) is 97.6 Å². The number of allylic oxidation sites excluding steroid dienone is 1. The van der Waals surface area contributed by atoms with Gasteiger partial charge in [-0.2, -0.15) is 0 Å². The van der Waals surface area contributed by atoms with Crippen molar-refractivity contribution >= 4 is 61.9 Å². The van der Waals surface area contributed by atoms with Crippen LogP contribution in [0.15, 0.2) is 49.8 Å². The average Bonchev–Trinajstić information content (AvgIpc) is 3.22. The molecule has 1 atom stereocenters. The van der Waals surface area contributed by atoms with Gasteiger partial charge in [0, 0.05) is 4.47 Å². The Hall–Kier alpha value is -2.84. The summed E-state index contributed by atoms with van der Waals surface area (Å²) >= 11 is 7.05. The SMILES string of the molecule is CCOC(=O)C1=C(C)N=c2s/c(=C\c3cc(I)c(OC(C)C)c(OC)c3)c(=O)n2[C@H]1c1cc(OC)c(OC)cc1Br. The third kappa shape index (κ3) is 6.19. The van der Waals surface area contributed by atoms with Gasteiger partial charge in [-0.15, -0.1) is 0 Å². The number of carbonyl (C=O) groups is 1. The lowest BCUT2D eigenvalue weighted by Crippen LogP contribution is -2.40. The van der Waals surface area contributed by atoms with E-state index in [1.165, 1.54) is 23.0 Å². The summed E-state index contributed by atoms with van der Waals surface area (Å²) in [4.78, 5) is 32.4. The Labute approximate surface area is 263 Å². The van der Waals surface area contributed by atoms with Crippen LogP contribution in [0.5, 0.6) is 23.0 Å². The number of hydrogen-bond donors (Lipinski definition) is 0. The summed E-state index contributed by atoms with van der Waals surface area (Å²) in [7, 11) is 4.65. The number of halogens is 2. The van der Waals surface area contributed by atoms with Gasteiger partial charge in [-0.25, -0.2) is 9.79 Å². The summed E-state index contributed by atoms with van der Waals surface area (Å²) in [6.45, 7) is 7.55. The van der Waals surface area contributed by atoms with E-state index in [1.807, 2.05) is 26.0 Å². The van der Waals surface area contributed by atoms with Crippen LogP contribution in [0.25, 0.3) is 6.08 Å². The Balaban J connectivity index is 1.97. The summed E-state index contributed by atoms with van der Waals surface area (Å²) < 4.78 is 31.4. The quantitative estimate of drug-likeness (QED) is 0.225. The number of benzene rings is 2. The van der Waals surface area contributed by atoms with E-state index in [9.17, 15) is 9.59 Å². The second kappa shape index (κ2) is 13.0. The lowest BCUT2D eigenvalue weighted by molar-refractivity contribution is -0.139. The lowest BCUT2D eigenvalue weighted by Gasteiger charge is -2.26. The van der Waals surface area contributed by atoms with Crippen molar-refractivity contribution in [3.05, 3.63) is 74.4 Å². The number of rotatable bonds is 9. The summed E-state index contributed by atoms with van der Waals surface area (Å²) in [5.74, 6) is 1.63. The highest BCUT2D eigenvalue weighted by atomic mass is 127. The summed E-state index contributed by atoms with van der Waals surface area (Å²) in [6.07, 6.45) is 1.76. The van der Waals surface area contributed by atoms with Crippen LogP contribution in [0.3, 0.4) is 0 Å². The van der Waals surface area contributed by atoms with Gasteiger partial charge in [0.25, 0.3) is 5.56 Å². The highest BCUT2D eigenvalue weighted by molar-refractivity contribution is 14.1. The maximum atomic E-state index is 14.1. The average molecular weight is 757 g/mol. The van der Waals surface area contributed by atoms with Crippen LogP contribution in [0.4, 0.5) is 0 Å². The van der Waals surface area contributed by atoms with Gasteiger partial charge < -0.3 is 23.7 Å². The minimum Gasteiger partial charge on any atom is -0.493 e. The molecule has 0 amide bonds. The van der Waals surface area contributed by atoms with Crippen LogP contribution in [-0.2, 0) is 9.53 Å². The predicted molar refractivity (Wildman–Crippen MR) is 169 cm³/mol. The highest BCUT2D eigenvalue weighted by Gasteiger charge is 2.35. The molecule has 41 heavy (non-hydrogen) atoms. The van der Waals surface area contributed by atoms with Crippen LogP contribution in [-0.4, -0.2) is 44.6 Å². The standard InChI is InChI=1S/C29H30BrIN2O7S/c1-8-39-28(35)24-15(4)32-29-33(25(24)17-12-20(36-5)21(37-6)13-18(17)30)27(34)23(41-29)11-16-9-19(31)26(40-14(2)3)22(10-16)38-7/h9-14,25H,8H2,1-7H3/b23-11-/t25-/m0/s1. The van der Waals surface area contributed by atoms with Crippen molar-refractivity contribution in [2.75, 3.05) is 27.9 Å². The number of aromatic nitrogens is 1. The van der Waals surface area contributed by atoms with Crippen molar-refractivity contribution in [3.8, 4) is 23.0 Å². The van der Waals surface area contributed by atoms with Crippen LogP contribution in [0.2, 0.25) is 0 Å². The Kier molecular flexibility index (Phi) is 9.85. The van der Waals surface area contributed by atoms with Gasteiger partial charge in [0.1, 0.15) is 0 Å². The number of thiazole rings is 1. The van der Waals surface area contributed by atoms with Crippen LogP contribution in [0.1, 0.15) is 44.9 Å². The number of ether oxygens (including phenoxy) is 5. The number of fused-ring (bicyclic) bond motifs is 1. The molecule has 0 saturated carbocycles. The van der Waals surface area contributed by atoms with Gasteiger partial charge in [-0.3, -0.25) is 9.36 Å². The van der Waals surface area contributed by atoms with Crippen molar-refractivity contribution in [2.45, 2.75) is 39.8 Å². The normalized spacial score (nSPS) is 15.0. The zero-order chi connectivity index (χ0) is 30.0. The first-order chi connectivity index (χ1) is 19.5. The van der Waals surface area contributed by atoms with E-state index in [2.05, 4.69) is 43.5 Å². The molecule has 9 nitrogen and oxygen atoms in total. The second-order valence-corrected chi connectivity index (χ2v) is 12.3. The summed E-state index contributed by atoms with van der Waals surface area (Å²) in [5, 5.41) is 0. The third-order valence-corrected chi connectivity index (χ3v) is 8.69. The fourth-order valence-electron chi connectivity index (χ4n) is 4.49. The monoisotopic (exact) mass is 756 g/mol. The van der Waals surface area contributed by atoms with E-state index in [1.54, 1.807) is 46.3 Å². The maximum Gasteiger partial charge on any atom is 0.338 e. The van der Waals surface area contributed by atoms with Gasteiger partial charge in [0.15, 0.2) is 27.8 Å². The van der Waals surface area contributed by atoms with Crippen LogP contribution in [0, 0.1) is 3.57 Å². The Morgan fingerprint density at radius 1 is 1.12 bits per heavy atom. The van der Waals surface area contributed by atoms with Gasteiger partial charge >= 0.3 is 5.97 Å². The van der Waals surface area contributed by atoms with E-state index in [0.29, 0.717) is 48.1 Å². The molecule has 2 aromatic carbocycles. The predicted octanol–water partition coefficient (Wildman–Crippen LogP) is 4.98. The first-order valence-electron chi connectivity index (χ1n) is 12.7. The lowest BCUT2D eigenvalue weighted by atomic mass is 9.95. The minimum absolute atomic E-state index is 0.0281. The van der Waals surface area contributed by atoms with Gasteiger partial charge in [0.05, 0.1) is 59.5 Å². The molecule has 0 unspecified atom stereocenters. The molecule has 0 saturated heterocycles. The van der Waals surface area contributed by atoms with Crippen molar-refractivity contribution in [1.82, 2.24) is 4.57 Å². The molecule has 12 heteroatoms. The molecule has 0 fully saturated rings. The molecular formula is C29H30BrIN2O7S. The summed E-state index contributed by atoms with van der Waals surface area (Å²) in [5.41, 5.74) is 1.82. The van der Waals surface area contributed by atoms with E-state index in [-0.39, 0.29) is 23.8 Å². The van der Waals surface area contributed by atoms with Gasteiger partial charge in [-0.1, -0.05) is 27.3 Å². The molecule has 3 aromatic rings. The van der Waals surface area contributed by atoms with Crippen molar-refractivity contribution in [3.63, 3.8) is 0 Å². The fraction of sp³-hybridized carbons (Fsp3) is 0.345. The zero-order valence-corrected chi connectivity index (χ0v) is 28.2. The van der Waals surface area contributed by atoms with Crippen LogP contribution >= 0.6 is 49.9 Å². The molecule has 0 spiro atoms. The zero-order valence-electron chi connectivity index (χ0n) is 23.7. The van der Waals surface area contributed by atoms with Crippen molar-refractivity contribution < 1.29 is 28.5 Å². The number of carbonyl (C=O) groups excluding carboxylic acids is 1. The van der Waals surface area contributed by atoms with E-state index in [4.69, 9.17) is 23.7 Å². The summed E-state index contributed by atoms with van der Waals surface area (Å²) in [6, 6.07) is 6.44. The Bertz CT molecular complexity index is 1710. The molecule has 2 heterocycles. The molecule has 1 aliphatic heterocycles.